The number of carbonyl (C=O) groups is 10. The van der Waals surface area contributed by atoms with Crippen molar-refractivity contribution >= 4 is 105 Å². The quantitative estimate of drug-likeness (QED) is 0.188. The first-order valence-electron chi connectivity index (χ1n) is 25.2. The molecule has 0 saturated carbocycles. The maximum absolute atomic E-state index is 15.7. The normalized spacial score (nSPS) is 27.0. The molecule has 9 rings (SSSR count). The van der Waals surface area contributed by atoms with Crippen LogP contribution in [0.25, 0.3) is 22.1 Å². The third-order valence-electron chi connectivity index (χ3n) is 14.4. The Morgan fingerprint density at radius 2 is 0.974 bits per heavy atom. The molecule has 2 aromatic heterocycles. The Kier molecular flexibility index (Phi) is 17.6. The minimum atomic E-state index is -2.00. The van der Waals surface area contributed by atoms with Crippen LogP contribution in [0.2, 0.25) is 0 Å². The number of carbonyl (C=O) groups excluding carboxylic acids is 10. The van der Waals surface area contributed by atoms with Crippen molar-refractivity contribution in [3.8, 4) is 0 Å². The summed E-state index contributed by atoms with van der Waals surface area (Å²) in [5.41, 5.74) is 1.40. The van der Waals surface area contributed by atoms with Gasteiger partial charge in [-0.15, -0.1) is 23.5 Å². The van der Waals surface area contributed by atoms with Gasteiger partial charge in [-0.3, -0.25) is 48.3 Å². The van der Waals surface area contributed by atoms with Crippen LogP contribution in [0.4, 0.5) is 0 Å². The van der Waals surface area contributed by atoms with Gasteiger partial charge in [0.1, 0.15) is 60.9 Å². The molecule has 0 unspecified atom stereocenters. The van der Waals surface area contributed by atoms with Gasteiger partial charge in [-0.1, -0.05) is 58.9 Å². The highest BCUT2D eigenvalue weighted by Crippen LogP contribution is 2.50. The van der Waals surface area contributed by atoms with E-state index < -0.39 is 142 Å². The molecule has 26 heteroatoms. The molecule has 2 aromatic carbocycles. The summed E-state index contributed by atoms with van der Waals surface area (Å²) in [6.07, 6.45) is 2.41. The Balaban J connectivity index is 1.32. The molecule has 0 spiro atoms. The van der Waals surface area contributed by atoms with Crippen LogP contribution >= 0.6 is 23.5 Å². The molecule has 0 radical (unpaired) electrons. The van der Waals surface area contributed by atoms with E-state index in [9.17, 15) is 38.4 Å². The number of benzene rings is 2. The third-order valence-corrected chi connectivity index (χ3v) is 18.0. The maximum Gasteiger partial charge on any atom is 0.329 e. The largest absolute Gasteiger partial charge is 0.461 e. The molecule has 0 aliphatic carbocycles. The van der Waals surface area contributed by atoms with Crippen molar-refractivity contribution in [3.05, 3.63) is 72.3 Å². The lowest BCUT2D eigenvalue weighted by Gasteiger charge is -2.53. The molecular formula is C52H64N12O12S2. The number of likely N-dealkylation sites (N-methyl/N-ethyl adjacent to an activating group) is 4. The van der Waals surface area contributed by atoms with E-state index in [1.807, 2.05) is 13.8 Å². The first-order valence-corrected chi connectivity index (χ1v) is 27.2. The van der Waals surface area contributed by atoms with Gasteiger partial charge >= 0.3 is 11.9 Å². The van der Waals surface area contributed by atoms with E-state index in [-0.39, 0.29) is 17.3 Å². The molecular weight excluding hydrogens is 1050 g/mol. The van der Waals surface area contributed by atoms with E-state index in [4.69, 9.17) is 9.47 Å². The second-order valence-corrected chi connectivity index (χ2v) is 22.8. The zero-order valence-corrected chi connectivity index (χ0v) is 46.7. The summed E-state index contributed by atoms with van der Waals surface area (Å²) < 4.78 is 11.6. The highest BCUT2D eigenvalue weighted by molar-refractivity contribution is 8.09. The number of nitrogens with zero attached hydrogens (tertiary/aromatic N) is 8. The van der Waals surface area contributed by atoms with Crippen LogP contribution < -0.4 is 21.3 Å². The molecule has 7 heterocycles. The van der Waals surface area contributed by atoms with Gasteiger partial charge in [-0.25, -0.2) is 19.6 Å². The topological polar surface area (TPSA) is 302 Å². The fourth-order valence-electron chi connectivity index (χ4n) is 9.36. The van der Waals surface area contributed by atoms with E-state index in [0.29, 0.717) is 22.1 Å². The number of esters is 2. The first-order chi connectivity index (χ1) is 36.8. The summed E-state index contributed by atoms with van der Waals surface area (Å²) >= 11 is 1.66. The first kappa shape index (κ1) is 58.2. The van der Waals surface area contributed by atoms with Gasteiger partial charge in [-0.2, -0.15) is 0 Å². The van der Waals surface area contributed by atoms with Gasteiger partial charge in [0.2, 0.25) is 23.6 Å². The number of hydrogen-bond donors (Lipinski definition) is 4. The number of fused-ring (bicyclic) bond motifs is 24. The second kappa shape index (κ2) is 23.6. The van der Waals surface area contributed by atoms with Gasteiger partial charge in [0.05, 0.1) is 34.5 Å². The van der Waals surface area contributed by atoms with E-state index in [1.165, 1.54) is 54.4 Å². The molecule has 5 aliphatic heterocycles. The standard InChI is InChI=1S/C52H64N12O12S2/c1-26(2)28(5)40-48(72)76-23-38(60-42(66)36-21-54-32-17-13-15-19-34(32)58-36)44(68)56-29(6)45(69)63(10)51-24-78-52(25-77-51,50(74)62(40)9)64(11)46(70)30(7)55-43(67)37(22-75-47(71)39(27(3)4)61(8)49(51)73)59-41(65)35-20-53-31-16-12-14-18-33(31)57-35/h12-21,26-30,37-40H,22-25H2,1-11H3,(H,55,67)(H,56,68)(H,59,65)(H,60,66)/t28-,29-,30-,37-,38+,39-,40-,51-,52+/m1/s1. The SMILES string of the molecule is CC(C)[C@@H](C)[C@@H]1C(=O)OC[C@H](NC(=O)c2cnc3ccccc3n2)C(=O)N[C@H](C)C(=O)N(C)[C@]23CS[C@@](CS2)(C(=O)N1C)N(C)C(=O)[C@@H](C)NC(=O)[C@H](NC(=O)c1cnc2ccccc2n1)COC(=O)[C@@H](C(C)C)N(C)C3=O. The molecule has 5 aliphatic rings. The van der Waals surface area contributed by atoms with Crippen molar-refractivity contribution in [1.29, 1.82) is 0 Å². The zero-order chi connectivity index (χ0) is 57.1. The number of ether oxygens (including phenoxy) is 2. The minimum absolute atomic E-state index is 0.179. The number of thioether (sulfide) groups is 2. The number of para-hydroxylation sites is 4. The molecule has 2 bridgehead atoms. The predicted molar refractivity (Wildman–Crippen MR) is 287 cm³/mol. The lowest BCUT2D eigenvalue weighted by Crippen LogP contribution is -2.71. The van der Waals surface area contributed by atoms with Gasteiger partial charge < -0.3 is 50.3 Å². The Bertz CT molecular complexity index is 3050. The number of rotatable bonds is 7. The van der Waals surface area contributed by atoms with Crippen molar-refractivity contribution in [3.63, 3.8) is 0 Å². The molecule has 416 valence electrons. The molecule has 24 nitrogen and oxygen atoms in total. The van der Waals surface area contributed by atoms with Crippen LogP contribution in [0.3, 0.4) is 0 Å². The van der Waals surface area contributed by atoms with Crippen molar-refractivity contribution in [2.45, 2.75) is 94.5 Å². The molecule has 5 saturated heterocycles. The summed E-state index contributed by atoms with van der Waals surface area (Å²) in [5, 5.41) is 10.3. The number of hydrogen-bond acceptors (Lipinski definition) is 18. The highest BCUT2D eigenvalue weighted by atomic mass is 32.2. The fraction of sp³-hybridized carbons (Fsp3) is 0.500. The van der Waals surface area contributed by atoms with E-state index in [1.54, 1.807) is 69.3 Å². The number of nitrogens with one attached hydrogen (secondary N) is 4. The van der Waals surface area contributed by atoms with E-state index in [0.717, 1.165) is 43.1 Å². The van der Waals surface area contributed by atoms with Gasteiger partial charge in [0, 0.05) is 39.7 Å². The lowest BCUT2D eigenvalue weighted by molar-refractivity contribution is -0.162. The second-order valence-electron chi connectivity index (χ2n) is 20.3. The molecule has 5 fully saturated rings. The molecule has 4 aromatic rings. The summed E-state index contributed by atoms with van der Waals surface area (Å²) in [4.78, 5) is 164. The molecule has 8 amide bonds. The van der Waals surface area contributed by atoms with E-state index in [2.05, 4.69) is 41.2 Å². The van der Waals surface area contributed by atoms with Crippen LogP contribution in [-0.4, -0.2) is 198 Å². The molecule has 4 N–H and O–H groups in total. The maximum atomic E-state index is 15.7. The van der Waals surface area contributed by atoms with Crippen LogP contribution in [0.5, 0.6) is 0 Å². The monoisotopic (exact) mass is 1110 g/mol. The summed E-state index contributed by atoms with van der Waals surface area (Å²) in [7, 11) is 5.35. The fourth-order valence-corrected chi connectivity index (χ4v) is 13.0. The Hall–Kier alpha value is -7.48. The van der Waals surface area contributed by atoms with Crippen LogP contribution in [0.1, 0.15) is 69.4 Å². The summed E-state index contributed by atoms with van der Waals surface area (Å²) in [6, 6.07) is 4.58. The smallest absolute Gasteiger partial charge is 0.329 e. The average molecular weight is 1110 g/mol. The van der Waals surface area contributed by atoms with Crippen molar-refractivity contribution < 1.29 is 57.4 Å². The zero-order valence-electron chi connectivity index (χ0n) is 45.1. The van der Waals surface area contributed by atoms with Crippen LogP contribution in [0, 0.1) is 17.8 Å². The summed E-state index contributed by atoms with van der Waals surface area (Å²) in [6.45, 7) is 9.77. The average Bonchev–Trinajstić information content (AvgIpc) is 3.56. The van der Waals surface area contributed by atoms with Gasteiger partial charge in [-0.05, 0) is 55.9 Å². The van der Waals surface area contributed by atoms with Crippen molar-refractivity contribution in [2.24, 2.45) is 17.8 Å². The molecule has 78 heavy (non-hydrogen) atoms. The summed E-state index contributed by atoms with van der Waals surface area (Å²) in [5.74, 6) is -11.4. The highest BCUT2D eigenvalue weighted by Gasteiger charge is 2.61. The van der Waals surface area contributed by atoms with Gasteiger partial charge in [0.25, 0.3) is 23.6 Å². The Morgan fingerprint density at radius 3 is 1.35 bits per heavy atom. The van der Waals surface area contributed by atoms with Crippen LogP contribution in [0.15, 0.2) is 60.9 Å². The lowest BCUT2D eigenvalue weighted by atomic mass is 9.89. The Labute approximate surface area is 458 Å². The van der Waals surface area contributed by atoms with Crippen molar-refractivity contribution in [1.82, 2.24) is 60.8 Å². The Morgan fingerprint density at radius 1 is 0.603 bits per heavy atom. The predicted octanol–water partition coefficient (Wildman–Crippen LogP) is 0.985. The van der Waals surface area contributed by atoms with Gasteiger partial charge in [0.15, 0.2) is 9.74 Å². The van der Waals surface area contributed by atoms with Crippen LogP contribution in [-0.2, 0) is 47.8 Å². The minimum Gasteiger partial charge on any atom is -0.461 e. The molecule has 9 atom stereocenters. The van der Waals surface area contributed by atoms with Crippen molar-refractivity contribution in [2.75, 3.05) is 52.9 Å². The third kappa shape index (κ3) is 11.5. The van der Waals surface area contributed by atoms with E-state index >= 15 is 9.59 Å². The number of aromatic nitrogens is 4. The number of amides is 8.